The zero-order valence-electron chi connectivity index (χ0n) is 13.8. The lowest BCUT2D eigenvalue weighted by Gasteiger charge is -2.23. The Hall–Kier alpha value is -2.35. The molecule has 0 radical (unpaired) electrons. The zero-order chi connectivity index (χ0) is 17.7. The summed E-state index contributed by atoms with van der Waals surface area (Å²) >= 11 is 0. The molecule has 0 saturated carbocycles. The fourth-order valence-electron chi connectivity index (χ4n) is 2.40. The first kappa shape index (κ1) is 18.0. The van der Waals surface area contributed by atoms with Crippen LogP contribution < -0.4 is 15.4 Å². The second kappa shape index (κ2) is 7.96. The molecule has 2 N–H and O–H groups in total. The number of benzene rings is 1. The van der Waals surface area contributed by atoms with E-state index in [-0.39, 0.29) is 31.8 Å². The molecule has 8 heteroatoms. The van der Waals surface area contributed by atoms with Crippen molar-refractivity contribution in [1.29, 1.82) is 0 Å². The van der Waals surface area contributed by atoms with Gasteiger partial charge in [0.1, 0.15) is 17.6 Å². The molecule has 132 valence electrons. The maximum atomic E-state index is 13.7. The van der Waals surface area contributed by atoms with Gasteiger partial charge in [-0.2, -0.15) is 0 Å². The minimum atomic E-state index is -0.758. The van der Waals surface area contributed by atoms with Crippen molar-refractivity contribution in [2.24, 2.45) is 5.92 Å². The van der Waals surface area contributed by atoms with E-state index in [1.165, 1.54) is 19.2 Å². The van der Waals surface area contributed by atoms with E-state index in [0.29, 0.717) is 16.9 Å². The highest BCUT2D eigenvalue weighted by molar-refractivity contribution is 5.85. The van der Waals surface area contributed by atoms with Gasteiger partial charge in [-0.25, -0.2) is 9.18 Å². The molecule has 7 nitrogen and oxygen atoms in total. The van der Waals surface area contributed by atoms with Crippen molar-refractivity contribution in [3.63, 3.8) is 0 Å². The monoisotopic (exact) mass is 340 g/mol. The lowest BCUT2D eigenvalue weighted by atomic mass is 10.0. The van der Waals surface area contributed by atoms with Crippen LogP contribution in [0.25, 0.3) is 0 Å². The van der Waals surface area contributed by atoms with Crippen LogP contribution in [0.4, 0.5) is 9.18 Å². The van der Waals surface area contributed by atoms with E-state index in [9.17, 15) is 14.0 Å². The molecular weight excluding hydrogens is 319 g/mol. The van der Waals surface area contributed by atoms with Gasteiger partial charge in [-0.15, -0.1) is 0 Å². The van der Waals surface area contributed by atoms with Gasteiger partial charge in [0.15, 0.2) is 6.79 Å². The third-order valence-electron chi connectivity index (χ3n) is 3.61. The third-order valence-corrected chi connectivity index (χ3v) is 3.61. The smallest absolute Gasteiger partial charge is 0.407 e. The minimum Gasteiger partial charge on any atom is -0.467 e. The van der Waals surface area contributed by atoms with Gasteiger partial charge in [0.25, 0.3) is 0 Å². The van der Waals surface area contributed by atoms with Crippen LogP contribution in [-0.2, 0) is 27.4 Å². The molecule has 0 aromatic heterocycles. The van der Waals surface area contributed by atoms with Crippen LogP contribution in [-0.4, -0.2) is 31.9 Å². The minimum absolute atomic E-state index is 0.0744. The quantitative estimate of drug-likeness (QED) is 0.852. The maximum absolute atomic E-state index is 13.7. The average Bonchev–Trinajstić information content (AvgIpc) is 2.56. The summed E-state index contributed by atoms with van der Waals surface area (Å²) in [4.78, 5) is 23.7. The van der Waals surface area contributed by atoms with Crippen molar-refractivity contribution in [3.05, 3.63) is 29.1 Å². The number of amides is 2. The Balaban J connectivity index is 2.07. The zero-order valence-corrected chi connectivity index (χ0v) is 13.8. The second-order valence-corrected chi connectivity index (χ2v) is 5.74. The van der Waals surface area contributed by atoms with E-state index >= 15 is 0 Å². The van der Waals surface area contributed by atoms with E-state index in [2.05, 4.69) is 15.4 Å². The number of ether oxygens (including phenoxy) is 3. The van der Waals surface area contributed by atoms with Crippen molar-refractivity contribution >= 4 is 12.0 Å². The SMILES string of the molecule is COC(=O)N[C@@H](C(=O)NCc1cc(F)cc2c1OCOC2)C(C)C. The fourth-order valence-corrected chi connectivity index (χ4v) is 2.40. The van der Waals surface area contributed by atoms with Crippen molar-refractivity contribution in [2.75, 3.05) is 13.9 Å². The molecule has 2 amide bonds. The molecule has 0 unspecified atom stereocenters. The van der Waals surface area contributed by atoms with Crippen LogP contribution in [0, 0.1) is 11.7 Å². The van der Waals surface area contributed by atoms with Crippen molar-refractivity contribution < 1.29 is 28.2 Å². The molecule has 1 aromatic rings. The molecule has 1 atom stereocenters. The molecule has 1 aliphatic rings. The Kier molecular flexibility index (Phi) is 5.97. The fraction of sp³-hybridized carbons (Fsp3) is 0.500. The van der Waals surface area contributed by atoms with Crippen LogP contribution >= 0.6 is 0 Å². The van der Waals surface area contributed by atoms with Gasteiger partial charge in [0.05, 0.1) is 13.7 Å². The summed E-state index contributed by atoms with van der Waals surface area (Å²) < 4.78 is 28.7. The van der Waals surface area contributed by atoms with Gasteiger partial charge in [0.2, 0.25) is 5.91 Å². The average molecular weight is 340 g/mol. The number of alkyl carbamates (subject to hydrolysis) is 1. The van der Waals surface area contributed by atoms with E-state index in [1.807, 2.05) is 0 Å². The number of carbonyl (C=O) groups excluding carboxylic acids is 2. The van der Waals surface area contributed by atoms with Gasteiger partial charge in [0, 0.05) is 17.7 Å². The highest BCUT2D eigenvalue weighted by atomic mass is 19.1. The number of hydrogen-bond donors (Lipinski definition) is 2. The molecule has 0 bridgehead atoms. The Morgan fingerprint density at radius 1 is 1.38 bits per heavy atom. The van der Waals surface area contributed by atoms with Crippen molar-refractivity contribution in [2.45, 2.75) is 33.0 Å². The molecule has 0 fully saturated rings. The Morgan fingerprint density at radius 3 is 2.79 bits per heavy atom. The van der Waals surface area contributed by atoms with E-state index in [0.717, 1.165) is 0 Å². The molecule has 2 rings (SSSR count). The summed E-state index contributed by atoms with van der Waals surface area (Å²) in [6.45, 7) is 4.00. The van der Waals surface area contributed by atoms with Crippen LogP contribution in [0.1, 0.15) is 25.0 Å². The second-order valence-electron chi connectivity index (χ2n) is 5.74. The summed E-state index contributed by atoms with van der Waals surface area (Å²) in [5.74, 6) is -0.444. The van der Waals surface area contributed by atoms with Crippen LogP contribution in [0.2, 0.25) is 0 Å². The van der Waals surface area contributed by atoms with Crippen molar-refractivity contribution in [1.82, 2.24) is 10.6 Å². The Bertz CT molecular complexity index is 621. The first-order chi connectivity index (χ1) is 11.4. The van der Waals surface area contributed by atoms with E-state index < -0.39 is 18.0 Å². The number of methoxy groups -OCH3 is 1. The molecular formula is C16H21FN2O5. The molecule has 0 spiro atoms. The molecule has 1 aliphatic heterocycles. The summed E-state index contributed by atoms with van der Waals surface area (Å²) in [5.41, 5.74) is 1.11. The molecule has 1 aromatic carbocycles. The number of fused-ring (bicyclic) bond motifs is 1. The highest BCUT2D eigenvalue weighted by Crippen LogP contribution is 2.29. The van der Waals surface area contributed by atoms with Crippen LogP contribution in [0.5, 0.6) is 5.75 Å². The topological polar surface area (TPSA) is 85.9 Å². The summed E-state index contributed by atoms with van der Waals surface area (Å²) in [7, 11) is 1.23. The first-order valence-corrected chi connectivity index (χ1v) is 7.56. The maximum Gasteiger partial charge on any atom is 0.407 e. The van der Waals surface area contributed by atoms with Crippen molar-refractivity contribution in [3.8, 4) is 5.75 Å². The van der Waals surface area contributed by atoms with E-state index in [4.69, 9.17) is 9.47 Å². The van der Waals surface area contributed by atoms with Crippen LogP contribution in [0.15, 0.2) is 12.1 Å². The highest BCUT2D eigenvalue weighted by Gasteiger charge is 2.25. The lowest BCUT2D eigenvalue weighted by molar-refractivity contribution is -0.124. The number of rotatable bonds is 5. The summed E-state index contributed by atoms with van der Waals surface area (Å²) in [6.07, 6.45) is -0.688. The lowest BCUT2D eigenvalue weighted by Crippen LogP contribution is -2.49. The third kappa shape index (κ3) is 4.35. The number of nitrogens with one attached hydrogen (secondary N) is 2. The Morgan fingerprint density at radius 2 is 2.12 bits per heavy atom. The number of carbonyl (C=O) groups is 2. The summed E-state index contributed by atoms with van der Waals surface area (Å²) in [6, 6.07) is 1.89. The Labute approximate surface area is 139 Å². The van der Waals surface area contributed by atoms with Crippen LogP contribution in [0.3, 0.4) is 0 Å². The standard InChI is InChI=1S/C16H21FN2O5/c1-9(2)13(19-16(21)22-3)15(20)18-6-10-4-12(17)5-11-7-23-8-24-14(10)11/h4-5,9,13H,6-8H2,1-3H3,(H,18,20)(H,19,21)/t13-/m1/s1. The van der Waals surface area contributed by atoms with Gasteiger partial charge in [-0.1, -0.05) is 13.8 Å². The van der Waals surface area contributed by atoms with Gasteiger partial charge < -0.3 is 24.8 Å². The normalized spacial score (nSPS) is 14.4. The molecule has 0 aliphatic carbocycles. The molecule has 1 heterocycles. The van der Waals surface area contributed by atoms with E-state index in [1.54, 1.807) is 13.8 Å². The predicted molar refractivity (Wildman–Crippen MR) is 82.7 cm³/mol. The first-order valence-electron chi connectivity index (χ1n) is 7.56. The number of halogens is 1. The van der Waals surface area contributed by atoms with Gasteiger partial charge in [-0.05, 0) is 18.1 Å². The predicted octanol–water partition coefficient (Wildman–Crippen LogP) is 1.69. The number of hydrogen-bond acceptors (Lipinski definition) is 5. The molecule has 24 heavy (non-hydrogen) atoms. The summed E-state index contributed by atoms with van der Waals surface area (Å²) in [5, 5.41) is 5.17. The van der Waals surface area contributed by atoms with Gasteiger partial charge in [-0.3, -0.25) is 4.79 Å². The largest absolute Gasteiger partial charge is 0.467 e. The van der Waals surface area contributed by atoms with Gasteiger partial charge >= 0.3 is 6.09 Å². The molecule has 0 saturated heterocycles.